The van der Waals surface area contributed by atoms with Crippen molar-refractivity contribution in [2.75, 3.05) is 20.5 Å². The average molecular weight is 200 g/mol. The molecule has 0 aliphatic heterocycles. The minimum absolute atomic E-state index is 0.114. The summed E-state index contributed by atoms with van der Waals surface area (Å²) in [5, 5.41) is 9.86. The van der Waals surface area contributed by atoms with Crippen LogP contribution in [0.1, 0.15) is 19.3 Å². The van der Waals surface area contributed by atoms with Crippen LogP contribution in [0, 0.1) is 11.3 Å². The molecule has 2 rings (SSSR count). The van der Waals surface area contributed by atoms with Gasteiger partial charge in [-0.2, -0.15) is 0 Å². The van der Waals surface area contributed by atoms with Crippen molar-refractivity contribution in [1.82, 2.24) is 0 Å². The summed E-state index contributed by atoms with van der Waals surface area (Å²) in [6, 6.07) is 0. The van der Waals surface area contributed by atoms with Gasteiger partial charge in [-0.3, -0.25) is 4.79 Å². The minimum atomic E-state index is -0.505. The molecule has 2 aliphatic rings. The summed E-state index contributed by atoms with van der Waals surface area (Å²) in [7, 11) is 1.55. The third kappa shape index (κ3) is 1.47. The van der Waals surface area contributed by atoms with Crippen molar-refractivity contribution in [3.8, 4) is 0 Å². The molecule has 4 heteroatoms. The molecule has 0 aromatic rings. The second-order valence-corrected chi connectivity index (χ2v) is 4.25. The van der Waals surface area contributed by atoms with Crippen LogP contribution in [-0.4, -0.2) is 37.5 Å². The van der Waals surface area contributed by atoms with Crippen molar-refractivity contribution in [2.24, 2.45) is 11.3 Å². The Balaban J connectivity index is 1.82. The second kappa shape index (κ2) is 3.61. The third-order valence-electron chi connectivity index (χ3n) is 3.48. The summed E-state index contributed by atoms with van der Waals surface area (Å²) in [6.07, 6.45) is 1.80. The van der Waals surface area contributed by atoms with Crippen LogP contribution in [0.3, 0.4) is 0 Å². The molecule has 2 aliphatic carbocycles. The number of hydrogen-bond acceptors (Lipinski definition) is 4. The van der Waals surface area contributed by atoms with E-state index in [2.05, 4.69) is 0 Å². The molecule has 4 nitrogen and oxygen atoms in total. The summed E-state index contributed by atoms with van der Waals surface area (Å²) in [5.74, 6) is 0.430. The summed E-state index contributed by atoms with van der Waals surface area (Å²) >= 11 is 0. The van der Waals surface area contributed by atoms with Gasteiger partial charge in [0, 0.05) is 24.9 Å². The van der Waals surface area contributed by atoms with Gasteiger partial charge in [0.1, 0.15) is 12.6 Å². The molecule has 0 saturated heterocycles. The molecular weight excluding hydrogens is 184 g/mol. The highest BCUT2D eigenvalue weighted by atomic mass is 16.7. The van der Waals surface area contributed by atoms with Gasteiger partial charge in [-0.25, -0.2) is 0 Å². The molecule has 0 aromatic carbocycles. The van der Waals surface area contributed by atoms with Crippen LogP contribution in [-0.2, 0) is 14.3 Å². The largest absolute Gasteiger partial charge is 0.390 e. The Labute approximate surface area is 83.2 Å². The first kappa shape index (κ1) is 10.1. The summed E-state index contributed by atoms with van der Waals surface area (Å²) < 4.78 is 9.82. The molecular formula is C10H16O4. The Morgan fingerprint density at radius 2 is 2.50 bits per heavy atom. The fraction of sp³-hybridized carbons (Fsp3) is 0.900. The van der Waals surface area contributed by atoms with Crippen LogP contribution in [0.5, 0.6) is 0 Å². The lowest BCUT2D eigenvalue weighted by atomic mass is 9.97. The maximum Gasteiger partial charge on any atom is 0.146 e. The van der Waals surface area contributed by atoms with Gasteiger partial charge in [0.15, 0.2) is 0 Å². The van der Waals surface area contributed by atoms with Gasteiger partial charge in [-0.1, -0.05) is 0 Å². The molecule has 0 spiro atoms. The number of aliphatic hydroxyl groups is 1. The molecule has 14 heavy (non-hydrogen) atoms. The summed E-state index contributed by atoms with van der Waals surface area (Å²) in [6.45, 7) is 0.476. The van der Waals surface area contributed by atoms with Gasteiger partial charge in [-0.05, 0) is 12.8 Å². The molecule has 1 N–H and O–H groups in total. The molecule has 0 radical (unpaired) electrons. The van der Waals surface area contributed by atoms with Crippen molar-refractivity contribution in [2.45, 2.75) is 25.4 Å². The first-order chi connectivity index (χ1) is 6.70. The number of ketones is 1. The van der Waals surface area contributed by atoms with E-state index in [1.807, 2.05) is 0 Å². The van der Waals surface area contributed by atoms with E-state index in [0.717, 1.165) is 12.8 Å². The summed E-state index contributed by atoms with van der Waals surface area (Å²) in [4.78, 5) is 11.3. The van der Waals surface area contributed by atoms with Gasteiger partial charge in [0.25, 0.3) is 0 Å². The lowest BCUT2D eigenvalue weighted by Gasteiger charge is -2.19. The number of carbonyl (C=O) groups excluding carboxylic acids is 1. The van der Waals surface area contributed by atoms with Gasteiger partial charge in [0.2, 0.25) is 0 Å². The standard InChI is InChI=1S/C10H16O4/c1-13-6-14-5-9(12)10-3-2-8(11)7(10)4-10/h7,9,12H,2-6H2,1H3/t7-,9+,10+/m0/s1. The number of carbonyl (C=O) groups is 1. The molecule has 3 atom stereocenters. The Morgan fingerprint density at radius 3 is 3.00 bits per heavy atom. The van der Waals surface area contributed by atoms with Gasteiger partial charge in [-0.15, -0.1) is 0 Å². The zero-order chi connectivity index (χ0) is 10.2. The van der Waals surface area contributed by atoms with Crippen molar-refractivity contribution in [3.05, 3.63) is 0 Å². The predicted molar refractivity (Wildman–Crippen MR) is 48.6 cm³/mol. The fourth-order valence-corrected chi connectivity index (χ4v) is 2.51. The average Bonchev–Trinajstić information content (AvgIpc) is 2.84. The number of hydrogen-bond donors (Lipinski definition) is 1. The molecule has 2 fully saturated rings. The quantitative estimate of drug-likeness (QED) is 0.513. The van der Waals surface area contributed by atoms with Crippen molar-refractivity contribution in [3.63, 3.8) is 0 Å². The van der Waals surface area contributed by atoms with Gasteiger partial charge >= 0.3 is 0 Å². The predicted octanol–water partition coefficient (Wildman–Crippen LogP) is 0.337. The Kier molecular flexibility index (Phi) is 2.60. The van der Waals surface area contributed by atoms with Crippen molar-refractivity contribution < 1.29 is 19.4 Å². The topological polar surface area (TPSA) is 55.8 Å². The summed E-state index contributed by atoms with van der Waals surface area (Å²) in [5.41, 5.74) is -0.134. The van der Waals surface area contributed by atoms with E-state index < -0.39 is 6.10 Å². The van der Waals surface area contributed by atoms with Crippen LogP contribution >= 0.6 is 0 Å². The van der Waals surface area contributed by atoms with Crippen LogP contribution in [0.4, 0.5) is 0 Å². The fourth-order valence-electron chi connectivity index (χ4n) is 2.51. The Bertz CT molecular complexity index is 240. The maximum atomic E-state index is 11.3. The highest BCUT2D eigenvalue weighted by molar-refractivity contribution is 5.87. The second-order valence-electron chi connectivity index (χ2n) is 4.25. The van der Waals surface area contributed by atoms with E-state index in [-0.39, 0.29) is 24.7 Å². The molecule has 0 unspecified atom stereocenters. The zero-order valence-corrected chi connectivity index (χ0v) is 8.36. The van der Waals surface area contributed by atoms with E-state index in [1.54, 1.807) is 7.11 Å². The smallest absolute Gasteiger partial charge is 0.146 e. The first-order valence-electron chi connectivity index (χ1n) is 4.98. The van der Waals surface area contributed by atoms with Crippen LogP contribution in [0.15, 0.2) is 0 Å². The molecule has 0 amide bonds. The van der Waals surface area contributed by atoms with E-state index >= 15 is 0 Å². The first-order valence-corrected chi connectivity index (χ1v) is 4.98. The number of Topliss-reactive ketones (excluding diaryl/α,β-unsaturated/α-hetero) is 1. The van der Waals surface area contributed by atoms with Crippen LogP contribution < -0.4 is 0 Å². The Morgan fingerprint density at radius 1 is 1.71 bits per heavy atom. The number of methoxy groups -OCH3 is 1. The number of fused-ring (bicyclic) bond motifs is 1. The van der Waals surface area contributed by atoms with E-state index in [1.165, 1.54) is 0 Å². The molecule has 2 saturated carbocycles. The number of rotatable bonds is 5. The minimum Gasteiger partial charge on any atom is -0.390 e. The molecule has 0 bridgehead atoms. The lowest BCUT2D eigenvalue weighted by Crippen LogP contribution is -2.27. The molecule has 0 heterocycles. The molecule has 80 valence electrons. The third-order valence-corrected chi connectivity index (χ3v) is 3.48. The highest BCUT2D eigenvalue weighted by Gasteiger charge is 2.65. The zero-order valence-electron chi connectivity index (χ0n) is 8.36. The number of aliphatic hydroxyl groups excluding tert-OH is 1. The SMILES string of the molecule is COCOC[C@@H](O)[C@@]12CCC(=O)[C@@H]1C2. The van der Waals surface area contributed by atoms with Crippen LogP contribution in [0.2, 0.25) is 0 Å². The van der Waals surface area contributed by atoms with Crippen molar-refractivity contribution in [1.29, 1.82) is 0 Å². The van der Waals surface area contributed by atoms with Crippen molar-refractivity contribution >= 4 is 5.78 Å². The molecule has 0 aromatic heterocycles. The number of ether oxygens (including phenoxy) is 2. The maximum absolute atomic E-state index is 11.3. The van der Waals surface area contributed by atoms with E-state index in [0.29, 0.717) is 12.2 Å². The van der Waals surface area contributed by atoms with E-state index in [9.17, 15) is 9.90 Å². The monoisotopic (exact) mass is 200 g/mol. The Hall–Kier alpha value is -0.450. The normalized spacial score (nSPS) is 37.0. The highest BCUT2D eigenvalue weighted by Crippen LogP contribution is 2.63. The van der Waals surface area contributed by atoms with Gasteiger partial charge < -0.3 is 14.6 Å². The van der Waals surface area contributed by atoms with Crippen LogP contribution in [0.25, 0.3) is 0 Å². The van der Waals surface area contributed by atoms with Gasteiger partial charge in [0.05, 0.1) is 12.7 Å². The lowest BCUT2D eigenvalue weighted by molar-refractivity contribution is -0.119. The van der Waals surface area contributed by atoms with E-state index in [4.69, 9.17) is 9.47 Å².